The third kappa shape index (κ3) is 2.83. The Morgan fingerprint density at radius 1 is 1.21 bits per heavy atom. The van der Waals surface area contributed by atoms with Gasteiger partial charge in [-0.1, -0.05) is 11.6 Å². The summed E-state index contributed by atoms with van der Waals surface area (Å²) in [4.78, 5) is 19.0. The van der Waals surface area contributed by atoms with Crippen LogP contribution in [0.4, 0.5) is 0 Å². The van der Waals surface area contributed by atoms with Crippen LogP contribution in [0.15, 0.2) is 24.4 Å². The fourth-order valence-corrected chi connectivity index (χ4v) is 5.15. The van der Waals surface area contributed by atoms with E-state index in [1.807, 2.05) is 18.3 Å². The van der Waals surface area contributed by atoms with Crippen LogP contribution in [0, 0.1) is 0 Å². The number of hydrogen-bond donors (Lipinski definition) is 1. The van der Waals surface area contributed by atoms with Crippen molar-refractivity contribution in [1.82, 2.24) is 9.88 Å². The minimum Gasteiger partial charge on any atom is -0.377 e. The molecule has 3 fully saturated rings. The number of amides is 1. The number of pyridine rings is 1. The Balaban J connectivity index is 1.42. The van der Waals surface area contributed by atoms with Crippen molar-refractivity contribution < 1.29 is 9.53 Å². The molecule has 6 heteroatoms. The van der Waals surface area contributed by atoms with Gasteiger partial charge in [-0.25, -0.2) is 0 Å². The van der Waals surface area contributed by atoms with E-state index in [2.05, 4.69) is 22.9 Å². The number of likely N-dealkylation sites (tertiary alicyclic amines) is 1. The molecule has 0 atom stereocenters. The molecular weight excluding hydrogens is 374 g/mol. The summed E-state index contributed by atoms with van der Waals surface area (Å²) in [6, 6.07) is 6.25. The van der Waals surface area contributed by atoms with Gasteiger partial charge in [0.2, 0.25) is 5.91 Å². The monoisotopic (exact) mass is 399 g/mol. The van der Waals surface area contributed by atoms with Gasteiger partial charge in [0.05, 0.1) is 29.9 Å². The fourth-order valence-electron chi connectivity index (χ4n) is 4.82. The fraction of sp³-hybridized carbons (Fsp3) is 0.545. The lowest BCUT2D eigenvalue weighted by Gasteiger charge is -2.50. The second-order valence-electron chi connectivity index (χ2n) is 8.99. The zero-order valence-corrected chi connectivity index (χ0v) is 17.0. The van der Waals surface area contributed by atoms with Crippen LogP contribution in [0.25, 0.3) is 10.8 Å². The molecule has 0 bridgehead atoms. The topological polar surface area (TPSA) is 68.5 Å². The van der Waals surface area contributed by atoms with E-state index in [0.717, 1.165) is 73.5 Å². The molecular formula is C22H26ClN3O2. The first-order valence-corrected chi connectivity index (χ1v) is 10.5. The van der Waals surface area contributed by atoms with Crippen molar-refractivity contribution in [3.8, 4) is 0 Å². The van der Waals surface area contributed by atoms with Gasteiger partial charge in [0.25, 0.3) is 0 Å². The normalized spacial score (nSPS) is 24.1. The first-order chi connectivity index (χ1) is 13.4. The molecule has 1 saturated carbocycles. The van der Waals surface area contributed by atoms with Gasteiger partial charge in [-0.2, -0.15) is 0 Å². The quantitative estimate of drug-likeness (QED) is 0.855. The summed E-state index contributed by atoms with van der Waals surface area (Å²) in [5, 5.41) is 2.92. The smallest absolute Gasteiger partial charge is 0.229 e. The maximum atomic E-state index is 11.9. The van der Waals surface area contributed by atoms with Crippen molar-refractivity contribution in [1.29, 1.82) is 0 Å². The SMILES string of the molecule is CC1(N2CCC(c3cc4cc(C5(C(N)=O)CC5)ncc4cc3Cl)CC2)COC1. The summed E-state index contributed by atoms with van der Waals surface area (Å²) in [7, 11) is 0. The van der Waals surface area contributed by atoms with Crippen molar-refractivity contribution in [3.63, 3.8) is 0 Å². The summed E-state index contributed by atoms with van der Waals surface area (Å²) >= 11 is 6.66. The lowest BCUT2D eigenvalue weighted by molar-refractivity contribution is -0.136. The molecule has 3 heterocycles. The molecule has 2 aromatic rings. The van der Waals surface area contributed by atoms with Gasteiger partial charge in [-0.15, -0.1) is 0 Å². The number of nitrogens with zero attached hydrogens (tertiary/aromatic N) is 2. The number of ether oxygens (including phenoxy) is 1. The van der Waals surface area contributed by atoms with Crippen LogP contribution >= 0.6 is 11.6 Å². The first kappa shape index (κ1) is 18.3. The number of carbonyl (C=O) groups is 1. The lowest BCUT2D eigenvalue weighted by atomic mass is 9.85. The Bertz CT molecular complexity index is 944. The second-order valence-corrected chi connectivity index (χ2v) is 9.40. The van der Waals surface area contributed by atoms with Gasteiger partial charge in [0.1, 0.15) is 0 Å². The number of fused-ring (bicyclic) bond motifs is 1. The van der Waals surface area contributed by atoms with E-state index >= 15 is 0 Å². The molecule has 0 unspecified atom stereocenters. The molecule has 1 aromatic carbocycles. The maximum absolute atomic E-state index is 11.9. The molecule has 1 amide bonds. The van der Waals surface area contributed by atoms with Crippen LogP contribution in [-0.2, 0) is 14.9 Å². The molecule has 148 valence electrons. The van der Waals surface area contributed by atoms with Crippen LogP contribution in [0.3, 0.4) is 0 Å². The third-order valence-electron chi connectivity index (χ3n) is 7.07. The van der Waals surface area contributed by atoms with E-state index < -0.39 is 5.41 Å². The van der Waals surface area contributed by atoms with Crippen LogP contribution in [-0.4, -0.2) is 47.6 Å². The molecule has 5 rings (SSSR count). The standard InChI is InChI=1S/C22H26ClN3O2/c1-21(12-28-13-21)26-6-2-14(3-7-26)17-8-15-10-19(22(4-5-22)20(24)27)25-11-16(15)9-18(17)23/h8-11,14H,2-7,12-13H2,1H3,(H2,24,27). The number of aromatic nitrogens is 1. The van der Waals surface area contributed by atoms with Gasteiger partial charge < -0.3 is 10.5 Å². The number of primary amides is 1. The number of benzene rings is 1. The van der Waals surface area contributed by atoms with Crippen LogP contribution in [0.2, 0.25) is 5.02 Å². The Hall–Kier alpha value is -1.69. The van der Waals surface area contributed by atoms with Crippen LogP contribution in [0.1, 0.15) is 49.8 Å². The van der Waals surface area contributed by atoms with E-state index in [1.165, 1.54) is 5.56 Å². The number of carbonyl (C=O) groups excluding carboxylic acids is 1. The molecule has 3 aliphatic rings. The largest absolute Gasteiger partial charge is 0.377 e. The van der Waals surface area contributed by atoms with Crippen molar-refractivity contribution >= 4 is 28.3 Å². The summed E-state index contributed by atoms with van der Waals surface area (Å²) in [5.74, 6) is 0.190. The molecule has 2 saturated heterocycles. The van der Waals surface area contributed by atoms with Crippen molar-refractivity contribution in [2.45, 2.75) is 49.5 Å². The molecule has 1 aliphatic carbocycles. The molecule has 5 nitrogen and oxygen atoms in total. The van der Waals surface area contributed by atoms with Gasteiger partial charge in [-0.05, 0) is 80.8 Å². The predicted octanol–water partition coefficient (Wildman–Crippen LogP) is 3.37. The molecule has 1 aromatic heterocycles. The Morgan fingerprint density at radius 2 is 1.93 bits per heavy atom. The van der Waals surface area contributed by atoms with E-state index in [4.69, 9.17) is 22.1 Å². The minimum atomic E-state index is -0.556. The van der Waals surface area contributed by atoms with E-state index in [0.29, 0.717) is 5.92 Å². The highest BCUT2D eigenvalue weighted by Crippen LogP contribution is 2.48. The maximum Gasteiger partial charge on any atom is 0.229 e. The average molecular weight is 400 g/mol. The van der Waals surface area contributed by atoms with Crippen molar-refractivity contribution in [3.05, 3.63) is 40.7 Å². The molecule has 2 aliphatic heterocycles. The van der Waals surface area contributed by atoms with Gasteiger partial charge in [-0.3, -0.25) is 14.7 Å². The number of rotatable bonds is 4. The molecule has 28 heavy (non-hydrogen) atoms. The molecule has 2 N–H and O–H groups in total. The van der Waals surface area contributed by atoms with Gasteiger partial charge in [0.15, 0.2) is 0 Å². The number of hydrogen-bond acceptors (Lipinski definition) is 4. The van der Waals surface area contributed by atoms with Gasteiger partial charge >= 0.3 is 0 Å². The first-order valence-electron chi connectivity index (χ1n) is 10.1. The van der Waals surface area contributed by atoms with E-state index in [9.17, 15) is 4.79 Å². The van der Waals surface area contributed by atoms with E-state index in [-0.39, 0.29) is 11.4 Å². The summed E-state index contributed by atoms with van der Waals surface area (Å²) < 4.78 is 5.43. The highest BCUT2D eigenvalue weighted by atomic mass is 35.5. The number of nitrogens with two attached hydrogens (primary N) is 1. The lowest BCUT2D eigenvalue weighted by Crippen LogP contribution is -2.61. The highest BCUT2D eigenvalue weighted by Gasteiger charge is 2.51. The summed E-state index contributed by atoms with van der Waals surface area (Å²) in [6.45, 7) is 6.12. The number of piperidine rings is 1. The Kier molecular flexibility index (Phi) is 4.20. The van der Waals surface area contributed by atoms with Gasteiger partial charge in [0, 0.05) is 16.6 Å². The minimum absolute atomic E-state index is 0.214. The van der Waals surface area contributed by atoms with Crippen LogP contribution < -0.4 is 5.73 Å². The predicted molar refractivity (Wildman–Crippen MR) is 110 cm³/mol. The third-order valence-corrected chi connectivity index (χ3v) is 7.40. The second kappa shape index (κ2) is 6.41. The zero-order valence-electron chi connectivity index (χ0n) is 16.2. The van der Waals surface area contributed by atoms with Crippen molar-refractivity contribution in [2.75, 3.05) is 26.3 Å². The summed E-state index contributed by atoms with van der Waals surface area (Å²) in [5.41, 5.74) is 7.30. The Morgan fingerprint density at radius 3 is 2.50 bits per heavy atom. The highest BCUT2D eigenvalue weighted by molar-refractivity contribution is 6.32. The van der Waals surface area contributed by atoms with E-state index in [1.54, 1.807) is 0 Å². The number of halogens is 1. The zero-order chi connectivity index (χ0) is 19.5. The average Bonchev–Trinajstić information content (AvgIpc) is 3.47. The van der Waals surface area contributed by atoms with Crippen molar-refractivity contribution in [2.24, 2.45) is 5.73 Å². The Labute approximate surface area is 170 Å². The van der Waals surface area contributed by atoms with Crippen LogP contribution in [0.5, 0.6) is 0 Å². The molecule has 0 radical (unpaired) electrons. The summed E-state index contributed by atoms with van der Waals surface area (Å²) in [6.07, 6.45) is 5.61. The molecule has 0 spiro atoms.